The third-order valence-corrected chi connectivity index (χ3v) is 3.47. The second kappa shape index (κ2) is 6.87. The first-order valence-electron chi connectivity index (χ1n) is 6.34. The summed E-state index contributed by atoms with van der Waals surface area (Å²) in [6.45, 7) is 4.53. The van der Waals surface area contributed by atoms with Gasteiger partial charge in [-0.3, -0.25) is 4.79 Å². The van der Waals surface area contributed by atoms with Gasteiger partial charge in [0.1, 0.15) is 11.6 Å². The summed E-state index contributed by atoms with van der Waals surface area (Å²) < 4.78 is 0.856. The van der Waals surface area contributed by atoms with E-state index in [1.54, 1.807) is 12.3 Å². The van der Waals surface area contributed by atoms with E-state index in [9.17, 15) is 4.79 Å². The van der Waals surface area contributed by atoms with Crippen molar-refractivity contribution in [2.75, 3.05) is 17.2 Å². The van der Waals surface area contributed by atoms with Gasteiger partial charge in [0, 0.05) is 23.4 Å². The summed E-state index contributed by atoms with van der Waals surface area (Å²) in [6, 6.07) is 3.50. The number of aromatic nitrogens is 2. The molecular formula is C14H14BrClN4O. The Morgan fingerprint density at radius 2 is 2.10 bits per heavy atom. The summed E-state index contributed by atoms with van der Waals surface area (Å²) in [6.07, 6.45) is 3.08. The molecule has 110 valence electrons. The number of pyridine rings is 2. The molecule has 0 aliphatic rings. The number of aryl methyl sites for hydroxylation is 1. The third kappa shape index (κ3) is 3.92. The number of rotatable bonds is 4. The Labute approximate surface area is 136 Å². The number of nitrogens with one attached hydrogen (secondary N) is 2. The van der Waals surface area contributed by atoms with E-state index in [2.05, 4.69) is 36.5 Å². The standard InChI is InChI=1S/C14H14BrClN4O/c1-3-17-12-5-10(11(16)7-18-12)14(21)20-13-8(2)4-9(15)6-19-13/h4-7H,3H2,1-2H3,(H,17,18)(H,19,20,21). The van der Waals surface area contributed by atoms with Gasteiger partial charge in [-0.05, 0) is 47.5 Å². The topological polar surface area (TPSA) is 66.9 Å². The van der Waals surface area contributed by atoms with Gasteiger partial charge in [-0.1, -0.05) is 11.6 Å². The molecule has 1 amide bonds. The van der Waals surface area contributed by atoms with E-state index in [4.69, 9.17) is 11.6 Å². The Bertz CT molecular complexity index is 678. The lowest BCUT2D eigenvalue weighted by Crippen LogP contribution is -2.15. The molecule has 2 aromatic heterocycles. The van der Waals surface area contributed by atoms with Crippen LogP contribution in [0, 0.1) is 6.92 Å². The number of carbonyl (C=O) groups is 1. The predicted octanol–water partition coefficient (Wildman–Crippen LogP) is 3.89. The minimum Gasteiger partial charge on any atom is -0.370 e. The van der Waals surface area contributed by atoms with Crippen molar-refractivity contribution in [3.8, 4) is 0 Å². The lowest BCUT2D eigenvalue weighted by atomic mass is 10.2. The van der Waals surface area contributed by atoms with Crippen LogP contribution in [0.4, 0.5) is 11.6 Å². The zero-order chi connectivity index (χ0) is 15.4. The highest BCUT2D eigenvalue weighted by Gasteiger charge is 2.14. The monoisotopic (exact) mass is 368 g/mol. The summed E-state index contributed by atoms with van der Waals surface area (Å²) in [5.74, 6) is 0.785. The number of nitrogens with zero attached hydrogens (tertiary/aromatic N) is 2. The molecule has 0 saturated heterocycles. The van der Waals surface area contributed by atoms with E-state index in [0.29, 0.717) is 28.8 Å². The molecule has 2 rings (SSSR count). The second-order valence-corrected chi connectivity index (χ2v) is 5.68. The zero-order valence-electron chi connectivity index (χ0n) is 11.6. The molecule has 0 aliphatic carbocycles. The highest BCUT2D eigenvalue weighted by Crippen LogP contribution is 2.21. The number of anilines is 2. The Hall–Kier alpha value is -1.66. The Morgan fingerprint density at radius 1 is 1.33 bits per heavy atom. The molecule has 0 unspecified atom stereocenters. The van der Waals surface area contributed by atoms with Gasteiger partial charge in [0.25, 0.3) is 5.91 Å². The normalized spacial score (nSPS) is 10.3. The van der Waals surface area contributed by atoms with Crippen molar-refractivity contribution in [1.29, 1.82) is 0 Å². The minimum atomic E-state index is -0.320. The van der Waals surface area contributed by atoms with Crippen LogP contribution in [0.3, 0.4) is 0 Å². The Kier molecular flexibility index (Phi) is 5.14. The van der Waals surface area contributed by atoms with Crippen LogP contribution in [0.2, 0.25) is 5.02 Å². The molecule has 21 heavy (non-hydrogen) atoms. The number of carbonyl (C=O) groups excluding carboxylic acids is 1. The quantitative estimate of drug-likeness (QED) is 0.858. The molecular weight excluding hydrogens is 356 g/mol. The summed E-state index contributed by atoms with van der Waals surface area (Å²) in [7, 11) is 0. The average molecular weight is 370 g/mol. The summed E-state index contributed by atoms with van der Waals surface area (Å²) >= 11 is 9.38. The zero-order valence-corrected chi connectivity index (χ0v) is 13.9. The molecule has 0 radical (unpaired) electrons. The Morgan fingerprint density at radius 3 is 2.76 bits per heavy atom. The van der Waals surface area contributed by atoms with Gasteiger partial charge in [0.05, 0.1) is 10.6 Å². The van der Waals surface area contributed by atoms with Crippen molar-refractivity contribution in [2.24, 2.45) is 0 Å². The van der Waals surface area contributed by atoms with Crippen molar-refractivity contribution in [3.63, 3.8) is 0 Å². The van der Waals surface area contributed by atoms with Crippen LogP contribution in [0.1, 0.15) is 22.8 Å². The summed E-state index contributed by atoms with van der Waals surface area (Å²) in [5, 5.41) is 6.09. The van der Waals surface area contributed by atoms with Crippen LogP contribution in [0.15, 0.2) is 29.0 Å². The van der Waals surface area contributed by atoms with Crippen LogP contribution < -0.4 is 10.6 Å². The maximum Gasteiger partial charge on any atom is 0.258 e. The molecule has 0 spiro atoms. The van der Waals surface area contributed by atoms with E-state index in [-0.39, 0.29) is 5.91 Å². The van der Waals surface area contributed by atoms with E-state index in [1.807, 2.05) is 19.9 Å². The van der Waals surface area contributed by atoms with Gasteiger partial charge < -0.3 is 10.6 Å². The fourth-order valence-corrected chi connectivity index (χ4v) is 2.37. The molecule has 2 heterocycles. The van der Waals surface area contributed by atoms with E-state index in [1.165, 1.54) is 6.20 Å². The van der Waals surface area contributed by atoms with E-state index < -0.39 is 0 Å². The number of halogens is 2. The SMILES string of the molecule is CCNc1cc(C(=O)Nc2ncc(Br)cc2C)c(Cl)cn1. The fourth-order valence-electron chi connectivity index (χ4n) is 1.74. The smallest absolute Gasteiger partial charge is 0.258 e. The van der Waals surface area contributed by atoms with Gasteiger partial charge in [-0.2, -0.15) is 0 Å². The molecule has 0 saturated carbocycles. The number of hydrogen-bond donors (Lipinski definition) is 2. The maximum absolute atomic E-state index is 12.3. The largest absolute Gasteiger partial charge is 0.370 e. The van der Waals surface area contributed by atoms with Crippen LogP contribution in [0.25, 0.3) is 0 Å². The van der Waals surface area contributed by atoms with E-state index in [0.717, 1.165) is 10.0 Å². The van der Waals surface area contributed by atoms with Crippen molar-refractivity contribution < 1.29 is 4.79 Å². The summed E-state index contributed by atoms with van der Waals surface area (Å²) in [5.41, 5.74) is 1.21. The van der Waals surface area contributed by atoms with Gasteiger partial charge >= 0.3 is 0 Å². The molecule has 5 nitrogen and oxygen atoms in total. The van der Waals surface area contributed by atoms with E-state index >= 15 is 0 Å². The first-order valence-corrected chi connectivity index (χ1v) is 7.51. The van der Waals surface area contributed by atoms with Gasteiger partial charge in [-0.15, -0.1) is 0 Å². The lowest BCUT2D eigenvalue weighted by molar-refractivity contribution is 0.102. The lowest BCUT2D eigenvalue weighted by Gasteiger charge is -2.10. The average Bonchev–Trinajstić information content (AvgIpc) is 2.44. The number of hydrogen-bond acceptors (Lipinski definition) is 4. The van der Waals surface area contributed by atoms with Crippen molar-refractivity contribution in [3.05, 3.63) is 45.1 Å². The van der Waals surface area contributed by atoms with Crippen LogP contribution >= 0.6 is 27.5 Å². The Balaban J connectivity index is 2.25. The molecule has 0 aliphatic heterocycles. The van der Waals surface area contributed by atoms with Gasteiger partial charge in [-0.25, -0.2) is 9.97 Å². The first kappa shape index (κ1) is 15.7. The van der Waals surface area contributed by atoms with Crippen LogP contribution in [-0.4, -0.2) is 22.4 Å². The highest BCUT2D eigenvalue weighted by atomic mass is 79.9. The molecule has 0 bridgehead atoms. The molecule has 0 fully saturated rings. The molecule has 0 aromatic carbocycles. The van der Waals surface area contributed by atoms with Crippen molar-refractivity contribution in [2.45, 2.75) is 13.8 Å². The predicted molar refractivity (Wildman–Crippen MR) is 88.0 cm³/mol. The maximum atomic E-state index is 12.3. The molecule has 7 heteroatoms. The van der Waals surface area contributed by atoms with Gasteiger partial charge in [0.2, 0.25) is 0 Å². The molecule has 2 N–H and O–H groups in total. The molecule has 0 atom stereocenters. The van der Waals surface area contributed by atoms with Crippen molar-refractivity contribution in [1.82, 2.24) is 9.97 Å². The first-order chi connectivity index (χ1) is 10.0. The summed E-state index contributed by atoms with van der Waals surface area (Å²) in [4.78, 5) is 20.6. The van der Waals surface area contributed by atoms with Crippen LogP contribution in [-0.2, 0) is 0 Å². The fraction of sp³-hybridized carbons (Fsp3) is 0.214. The van der Waals surface area contributed by atoms with Crippen molar-refractivity contribution >= 4 is 45.1 Å². The third-order valence-electron chi connectivity index (χ3n) is 2.73. The van der Waals surface area contributed by atoms with Crippen LogP contribution in [0.5, 0.6) is 0 Å². The minimum absolute atomic E-state index is 0.295. The second-order valence-electron chi connectivity index (χ2n) is 4.35. The highest BCUT2D eigenvalue weighted by molar-refractivity contribution is 9.10. The van der Waals surface area contributed by atoms with Gasteiger partial charge in [0.15, 0.2) is 0 Å². The molecule has 2 aromatic rings. The number of amides is 1.